The smallest absolute Gasteiger partial charge is 0.240 e. The van der Waals surface area contributed by atoms with Crippen molar-refractivity contribution in [3.63, 3.8) is 0 Å². The summed E-state index contributed by atoms with van der Waals surface area (Å²) in [6.07, 6.45) is 3.51. The number of nitrogens with one attached hydrogen (secondary N) is 1. The number of hydrogen-bond donors (Lipinski definition) is 1. The average Bonchev–Trinajstić information content (AvgIpc) is 2.75. The first kappa shape index (κ1) is 9.93. The molecule has 1 aliphatic carbocycles. The first-order valence-corrected chi connectivity index (χ1v) is 5.29. The van der Waals surface area contributed by atoms with Gasteiger partial charge < -0.3 is 9.64 Å². The molecule has 1 amide bonds. The van der Waals surface area contributed by atoms with Crippen molar-refractivity contribution in [3.05, 3.63) is 0 Å². The summed E-state index contributed by atoms with van der Waals surface area (Å²) >= 11 is 0. The number of carbonyl (C=O) groups is 1. The van der Waals surface area contributed by atoms with E-state index in [1.807, 2.05) is 11.8 Å². The van der Waals surface area contributed by atoms with Crippen LogP contribution >= 0.6 is 0 Å². The SMILES string of the molecule is COC1CCC(N2CNC(C)C2=O)C1. The van der Waals surface area contributed by atoms with Gasteiger partial charge in [-0.2, -0.15) is 0 Å². The second kappa shape index (κ2) is 3.87. The Labute approximate surface area is 84.6 Å². The summed E-state index contributed by atoms with van der Waals surface area (Å²) in [6, 6.07) is 0.390. The third-order valence-electron chi connectivity index (χ3n) is 3.35. The van der Waals surface area contributed by atoms with Crippen LogP contribution in [0.3, 0.4) is 0 Å². The first-order chi connectivity index (χ1) is 6.72. The Balaban J connectivity index is 1.94. The molecule has 0 aromatic heterocycles. The molecule has 14 heavy (non-hydrogen) atoms. The van der Waals surface area contributed by atoms with E-state index in [0.29, 0.717) is 18.8 Å². The lowest BCUT2D eigenvalue weighted by atomic mass is 10.2. The van der Waals surface area contributed by atoms with E-state index in [-0.39, 0.29) is 11.9 Å². The molecule has 4 nitrogen and oxygen atoms in total. The number of methoxy groups -OCH3 is 1. The number of amides is 1. The highest BCUT2D eigenvalue weighted by Crippen LogP contribution is 2.27. The zero-order chi connectivity index (χ0) is 10.1. The molecule has 1 saturated carbocycles. The standard InChI is InChI=1S/C10H18N2O2/c1-7-10(13)12(6-11-7)8-3-4-9(5-8)14-2/h7-9,11H,3-6H2,1-2H3. The van der Waals surface area contributed by atoms with Gasteiger partial charge in [0.05, 0.1) is 18.8 Å². The molecule has 80 valence electrons. The van der Waals surface area contributed by atoms with E-state index in [1.165, 1.54) is 0 Å². The van der Waals surface area contributed by atoms with E-state index in [2.05, 4.69) is 5.32 Å². The van der Waals surface area contributed by atoms with Gasteiger partial charge in [0.25, 0.3) is 0 Å². The Morgan fingerprint density at radius 1 is 1.50 bits per heavy atom. The van der Waals surface area contributed by atoms with Crippen molar-refractivity contribution in [1.82, 2.24) is 10.2 Å². The molecular weight excluding hydrogens is 180 g/mol. The summed E-state index contributed by atoms with van der Waals surface area (Å²) < 4.78 is 5.30. The summed E-state index contributed by atoms with van der Waals surface area (Å²) in [5.74, 6) is 0.242. The molecule has 2 rings (SSSR count). The van der Waals surface area contributed by atoms with Crippen molar-refractivity contribution in [2.24, 2.45) is 0 Å². The topological polar surface area (TPSA) is 41.6 Å². The largest absolute Gasteiger partial charge is 0.381 e. The summed E-state index contributed by atoms with van der Waals surface area (Å²) in [7, 11) is 1.75. The van der Waals surface area contributed by atoms with Gasteiger partial charge in [0.2, 0.25) is 5.91 Å². The van der Waals surface area contributed by atoms with Gasteiger partial charge in [-0.1, -0.05) is 0 Å². The van der Waals surface area contributed by atoms with Crippen molar-refractivity contribution in [3.8, 4) is 0 Å². The molecule has 0 spiro atoms. The average molecular weight is 198 g/mol. The summed E-state index contributed by atoms with van der Waals surface area (Å²) in [6.45, 7) is 2.63. The molecular formula is C10H18N2O2. The fraction of sp³-hybridized carbons (Fsp3) is 0.900. The van der Waals surface area contributed by atoms with E-state index >= 15 is 0 Å². The van der Waals surface area contributed by atoms with Gasteiger partial charge in [0.15, 0.2) is 0 Å². The second-order valence-corrected chi connectivity index (χ2v) is 4.22. The lowest BCUT2D eigenvalue weighted by molar-refractivity contribution is -0.130. The van der Waals surface area contributed by atoms with Crippen molar-refractivity contribution >= 4 is 5.91 Å². The molecule has 4 heteroatoms. The normalized spacial score (nSPS) is 38.3. The predicted molar refractivity (Wildman–Crippen MR) is 52.7 cm³/mol. The maximum Gasteiger partial charge on any atom is 0.240 e. The second-order valence-electron chi connectivity index (χ2n) is 4.22. The van der Waals surface area contributed by atoms with Crippen LogP contribution in [0, 0.1) is 0 Å². The summed E-state index contributed by atoms with van der Waals surface area (Å²) in [5.41, 5.74) is 0. The molecule has 0 radical (unpaired) electrons. The molecule has 1 saturated heterocycles. The van der Waals surface area contributed by atoms with Crippen molar-refractivity contribution < 1.29 is 9.53 Å². The van der Waals surface area contributed by atoms with Gasteiger partial charge in [-0.05, 0) is 26.2 Å². The molecule has 0 aromatic rings. The fourth-order valence-corrected chi connectivity index (χ4v) is 2.37. The third kappa shape index (κ3) is 1.64. The van der Waals surface area contributed by atoms with Gasteiger partial charge >= 0.3 is 0 Å². The van der Waals surface area contributed by atoms with E-state index in [0.717, 1.165) is 19.3 Å². The highest BCUT2D eigenvalue weighted by Gasteiger charge is 2.36. The Hall–Kier alpha value is -0.610. The molecule has 1 heterocycles. The number of rotatable bonds is 2. The minimum absolute atomic E-state index is 0.00315. The van der Waals surface area contributed by atoms with E-state index in [9.17, 15) is 4.79 Å². The maximum atomic E-state index is 11.7. The molecule has 2 fully saturated rings. The predicted octanol–water partition coefficient (Wildman–Crippen LogP) is 0.332. The molecule has 2 aliphatic rings. The van der Waals surface area contributed by atoms with Crippen molar-refractivity contribution in [2.75, 3.05) is 13.8 Å². The number of carbonyl (C=O) groups excluding carboxylic acids is 1. The number of nitrogens with zero attached hydrogens (tertiary/aromatic N) is 1. The minimum atomic E-state index is -0.00315. The van der Waals surface area contributed by atoms with Crippen LogP contribution in [-0.2, 0) is 9.53 Å². The molecule has 0 aromatic carbocycles. The maximum absolute atomic E-state index is 11.7. The monoisotopic (exact) mass is 198 g/mol. The first-order valence-electron chi connectivity index (χ1n) is 5.29. The molecule has 3 atom stereocenters. The van der Waals surface area contributed by atoms with Gasteiger partial charge in [0.1, 0.15) is 0 Å². The molecule has 0 bridgehead atoms. The summed E-state index contributed by atoms with van der Waals surface area (Å²) in [4.78, 5) is 13.7. The fourth-order valence-electron chi connectivity index (χ4n) is 2.37. The van der Waals surface area contributed by atoms with Crippen LogP contribution in [0.1, 0.15) is 26.2 Å². The Kier molecular flexibility index (Phi) is 2.74. The van der Waals surface area contributed by atoms with E-state index in [1.54, 1.807) is 7.11 Å². The van der Waals surface area contributed by atoms with Crippen LogP contribution in [0.25, 0.3) is 0 Å². The van der Waals surface area contributed by atoms with Gasteiger partial charge in [-0.15, -0.1) is 0 Å². The van der Waals surface area contributed by atoms with Gasteiger partial charge in [-0.25, -0.2) is 0 Å². The minimum Gasteiger partial charge on any atom is -0.381 e. The van der Waals surface area contributed by atoms with Crippen LogP contribution in [0.15, 0.2) is 0 Å². The zero-order valence-corrected chi connectivity index (χ0v) is 8.82. The molecule has 1 aliphatic heterocycles. The van der Waals surface area contributed by atoms with Crippen molar-refractivity contribution in [2.45, 2.75) is 44.4 Å². The van der Waals surface area contributed by atoms with Crippen LogP contribution < -0.4 is 5.32 Å². The Morgan fingerprint density at radius 3 is 2.79 bits per heavy atom. The lowest BCUT2D eigenvalue weighted by Gasteiger charge is -2.23. The molecule has 3 unspecified atom stereocenters. The van der Waals surface area contributed by atoms with Crippen LogP contribution in [0.2, 0.25) is 0 Å². The quantitative estimate of drug-likeness (QED) is 0.695. The summed E-state index contributed by atoms with van der Waals surface area (Å²) in [5, 5.41) is 3.16. The van der Waals surface area contributed by atoms with Gasteiger partial charge in [0, 0.05) is 13.2 Å². The number of ether oxygens (including phenoxy) is 1. The van der Waals surface area contributed by atoms with Crippen LogP contribution in [0.4, 0.5) is 0 Å². The van der Waals surface area contributed by atoms with E-state index < -0.39 is 0 Å². The Bertz CT molecular complexity index is 232. The highest BCUT2D eigenvalue weighted by atomic mass is 16.5. The number of hydrogen-bond acceptors (Lipinski definition) is 3. The Morgan fingerprint density at radius 2 is 2.29 bits per heavy atom. The highest BCUT2D eigenvalue weighted by molar-refractivity contribution is 5.83. The van der Waals surface area contributed by atoms with Crippen LogP contribution in [-0.4, -0.2) is 42.8 Å². The van der Waals surface area contributed by atoms with E-state index in [4.69, 9.17) is 4.74 Å². The lowest BCUT2D eigenvalue weighted by Crippen LogP contribution is -2.37. The van der Waals surface area contributed by atoms with Crippen LogP contribution in [0.5, 0.6) is 0 Å². The third-order valence-corrected chi connectivity index (χ3v) is 3.35. The van der Waals surface area contributed by atoms with Gasteiger partial charge in [-0.3, -0.25) is 10.1 Å². The molecule has 1 N–H and O–H groups in total. The zero-order valence-electron chi connectivity index (χ0n) is 8.82. The van der Waals surface area contributed by atoms with Crippen molar-refractivity contribution in [1.29, 1.82) is 0 Å².